The first-order valence-electron chi connectivity index (χ1n) is 11.3. The highest BCUT2D eigenvalue weighted by Crippen LogP contribution is 2.41. The Morgan fingerprint density at radius 1 is 1.23 bits per heavy atom. The molecule has 2 atom stereocenters. The number of rotatable bonds is 5. The maximum absolute atomic E-state index is 13.0. The van der Waals surface area contributed by atoms with Crippen molar-refractivity contribution in [3.8, 4) is 11.5 Å². The first-order chi connectivity index (χ1) is 14.8. The van der Waals surface area contributed by atoms with Gasteiger partial charge in [-0.3, -0.25) is 9.69 Å². The number of benzene rings is 2. The van der Waals surface area contributed by atoms with Gasteiger partial charge < -0.3 is 14.8 Å². The normalized spacial score (nSPS) is 22.8. The van der Waals surface area contributed by atoms with E-state index in [2.05, 4.69) is 43.1 Å². The Hall–Kier alpha value is -2.53. The van der Waals surface area contributed by atoms with Crippen molar-refractivity contribution in [2.75, 3.05) is 20.2 Å². The summed E-state index contributed by atoms with van der Waals surface area (Å²) in [5, 5.41) is 3.22. The van der Waals surface area contributed by atoms with Crippen molar-refractivity contribution in [3.05, 3.63) is 59.2 Å². The lowest BCUT2D eigenvalue weighted by molar-refractivity contribution is 0.0618. The zero-order valence-corrected chi connectivity index (χ0v) is 19.1. The minimum absolute atomic E-state index is 0.0605. The van der Waals surface area contributed by atoms with Crippen molar-refractivity contribution in [1.29, 1.82) is 0 Å². The van der Waals surface area contributed by atoms with Crippen LogP contribution in [0, 0.1) is 5.92 Å². The van der Waals surface area contributed by atoms with Crippen molar-refractivity contribution < 1.29 is 14.3 Å². The molecule has 2 aliphatic rings. The quantitative estimate of drug-likeness (QED) is 0.740. The molecule has 4 rings (SSSR count). The van der Waals surface area contributed by atoms with Crippen molar-refractivity contribution in [2.45, 2.75) is 58.2 Å². The fourth-order valence-electron chi connectivity index (χ4n) is 4.78. The van der Waals surface area contributed by atoms with E-state index in [9.17, 15) is 4.79 Å². The molecule has 0 aliphatic carbocycles. The van der Waals surface area contributed by atoms with Gasteiger partial charge in [-0.2, -0.15) is 0 Å². The predicted molar refractivity (Wildman–Crippen MR) is 123 cm³/mol. The summed E-state index contributed by atoms with van der Waals surface area (Å²) in [7, 11) is 1.65. The van der Waals surface area contributed by atoms with Gasteiger partial charge in [-0.15, -0.1) is 0 Å². The topological polar surface area (TPSA) is 50.8 Å². The fourth-order valence-corrected chi connectivity index (χ4v) is 4.78. The molecule has 166 valence electrons. The summed E-state index contributed by atoms with van der Waals surface area (Å²) < 4.78 is 11.5. The standard InChI is InChI=1S/C26H34N2O3/c1-18-6-5-13-28(16-18)17-19-7-9-20(10-8-19)25(29)27-23-15-26(2,3)31-24-12-11-21(30-4)14-22(23)24/h7-12,14,18,23H,5-6,13,15-17H2,1-4H3,(H,27,29)/t18-,23+/m1/s1. The molecule has 0 radical (unpaired) electrons. The van der Waals surface area contributed by atoms with Crippen molar-refractivity contribution in [2.24, 2.45) is 5.92 Å². The Morgan fingerprint density at radius 2 is 2.00 bits per heavy atom. The van der Waals surface area contributed by atoms with Crippen molar-refractivity contribution in [1.82, 2.24) is 10.2 Å². The van der Waals surface area contributed by atoms with E-state index < -0.39 is 0 Å². The molecule has 31 heavy (non-hydrogen) atoms. The molecule has 1 N–H and O–H groups in total. The predicted octanol–water partition coefficient (Wildman–Crippen LogP) is 4.96. The van der Waals surface area contributed by atoms with Crippen LogP contribution in [0.4, 0.5) is 0 Å². The van der Waals surface area contributed by atoms with E-state index in [1.165, 1.54) is 18.4 Å². The van der Waals surface area contributed by atoms with Gasteiger partial charge in [0.1, 0.15) is 17.1 Å². The third-order valence-corrected chi connectivity index (χ3v) is 6.34. The van der Waals surface area contributed by atoms with Gasteiger partial charge in [-0.25, -0.2) is 0 Å². The van der Waals surface area contributed by atoms with E-state index in [0.717, 1.165) is 42.6 Å². The first kappa shape index (κ1) is 21.7. The summed E-state index contributed by atoms with van der Waals surface area (Å²) in [6.07, 6.45) is 3.30. The highest BCUT2D eigenvalue weighted by molar-refractivity contribution is 5.94. The number of hydrogen-bond acceptors (Lipinski definition) is 4. The highest BCUT2D eigenvalue weighted by atomic mass is 16.5. The van der Waals surface area contributed by atoms with Gasteiger partial charge in [0.05, 0.1) is 13.2 Å². The first-order valence-corrected chi connectivity index (χ1v) is 11.3. The number of carbonyl (C=O) groups excluding carboxylic acids is 1. The molecule has 2 aromatic rings. The Kier molecular flexibility index (Phi) is 6.24. The van der Waals surface area contributed by atoms with Crippen LogP contribution in [0.5, 0.6) is 11.5 Å². The summed E-state index contributed by atoms with van der Waals surface area (Å²) in [5.41, 5.74) is 2.55. The lowest BCUT2D eigenvalue weighted by Crippen LogP contribution is -2.41. The van der Waals surface area contributed by atoms with E-state index in [-0.39, 0.29) is 17.6 Å². The van der Waals surface area contributed by atoms with Gasteiger partial charge in [0.25, 0.3) is 5.91 Å². The van der Waals surface area contributed by atoms with Crippen LogP contribution in [0.3, 0.4) is 0 Å². The van der Waals surface area contributed by atoms with Crippen LogP contribution < -0.4 is 14.8 Å². The number of methoxy groups -OCH3 is 1. The Morgan fingerprint density at radius 3 is 2.71 bits per heavy atom. The summed E-state index contributed by atoms with van der Waals surface area (Å²) in [6, 6.07) is 13.7. The SMILES string of the molecule is COc1ccc2c(c1)[C@@H](NC(=O)c1ccc(CN3CCC[C@@H](C)C3)cc1)CC(C)(C)O2. The number of likely N-dealkylation sites (tertiary alicyclic amines) is 1. The molecule has 2 aliphatic heterocycles. The van der Waals surface area contributed by atoms with Gasteiger partial charge in [-0.05, 0) is 75.0 Å². The van der Waals surface area contributed by atoms with E-state index in [0.29, 0.717) is 12.0 Å². The van der Waals surface area contributed by atoms with E-state index >= 15 is 0 Å². The summed E-state index contributed by atoms with van der Waals surface area (Å²) in [6.45, 7) is 9.70. The molecule has 0 bridgehead atoms. The molecule has 2 heterocycles. The molecule has 0 aromatic heterocycles. The second-order valence-corrected chi connectivity index (χ2v) is 9.68. The average molecular weight is 423 g/mol. The summed E-state index contributed by atoms with van der Waals surface area (Å²) >= 11 is 0. The van der Waals surface area contributed by atoms with Gasteiger partial charge >= 0.3 is 0 Å². The van der Waals surface area contributed by atoms with E-state index in [1.54, 1.807) is 7.11 Å². The molecule has 0 spiro atoms. The zero-order valence-electron chi connectivity index (χ0n) is 19.1. The van der Waals surface area contributed by atoms with Crippen LogP contribution in [-0.4, -0.2) is 36.6 Å². The zero-order chi connectivity index (χ0) is 22.0. The maximum Gasteiger partial charge on any atom is 0.251 e. The maximum atomic E-state index is 13.0. The second-order valence-electron chi connectivity index (χ2n) is 9.68. The van der Waals surface area contributed by atoms with Gasteiger partial charge in [-0.1, -0.05) is 19.1 Å². The molecule has 1 fully saturated rings. The van der Waals surface area contributed by atoms with E-state index in [4.69, 9.17) is 9.47 Å². The molecule has 5 heteroatoms. The number of nitrogens with one attached hydrogen (secondary N) is 1. The molecular formula is C26H34N2O3. The third kappa shape index (κ3) is 5.21. The van der Waals surface area contributed by atoms with Crippen molar-refractivity contribution >= 4 is 5.91 Å². The Balaban J connectivity index is 1.45. The van der Waals surface area contributed by atoms with E-state index in [1.807, 2.05) is 30.3 Å². The molecule has 1 saturated heterocycles. The van der Waals surface area contributed by atoms with Crippen molar-refractivity contribution in [3.63, 3.8) is 0 Å². The summed E-state index contributed by atoms with van der Waals surface area (Å²) in [4.78, 5) is 15.6. The lowest BCUT2D eigenvalue weighted by Gasteiger charge is -2.38. The molecule has 5 nitrogen and oxygen atoms in total. The number of nitrogens with zero attached hydrogens (tertiary/aromatic N) is 1. The third-order valence-electron chi connectivity index (χ3n) is 6.34. The summed E-state index contributed by atoms with van der Waals surface area (Å²) in [5.74, 6) is 2.27. The van der Waals surface area contributed by atoms with Crippen LogP contribution in [-0.2, 0) is 6.54 Å². The Labute approximate surface area is 185 Å². The molecular weight excluding hydrogens is 388 g/mol. The van der Waals surface area contributed by atoms with Gasteiger partial charge in [0, 0.05) is 30.6 Å². The smallest absolute Gasteiger partial charge is 0.251 e. The number of fused-ring (bicyclic) bond motifs is 1. The minimum atomic E-state index is -0.352. The lowest BCUT2D eigenvalue weighted by atomic mass is 9.89. The van der Waals surface area contributed by atoms with Gasteiger partial charge in [0.2, 0.25) is 0 Å². The fraction of sp³-hybridized carbons (Fsp3) is 0.500. The van der Waals surface area contributed by atoms with Crippen LogP contribution in [0.2, 0.25) is 0 Å². The molecule has 1 amide bonds. The number of hydrogen-bond donors (Lipinski definition) is 1. The largest absolute Gasteiger partial charge is 0.497 e. The molecule has 0 unspecified atom stereocenters. The minimum Gasteiger partial charge on any atom is -0.497 e. The molecule has 0 saturated carbocycles. The second kappa shape index (κ2) is 8.91. The Bertz CT molecular complexity index is 923. The highest BCUT2D eigenvalue weighted by Gasteiger charge is 2.35. The average Bonchev–Trinajstić information content (AvgIpc) is 2.73. The molecule has 2 aromatic carbocycles. The number of amides is 1. The number of carbonyl (C=O) groups is 1. The van der Waals surface area contributed by atoms with Crippen LogP contribution in [0.25, 0.3) is 0 Å². The van der Waals surface area contributed by atoms with Gasteiger partial charge in [0.15, 0.2) is 0 Å². The monoisotopic (exact) mass is 422 g/mol. The van der Waals surface area contributed by atoms with Crippen LogP contribution >= 0.6 is 0 Å². The van der Waals surface area contributed by atoms with Crippen LogP contribution in [0.1, 0.15) is 67.6 Å². The van der Waals surface area contributed by atoms with Crippen LogP contribution in [0.15, 0.2) is 42.5 Å². The number of piperidine rings is 1. The number of ether oxygens (including phenoxy) is 2.